The summed E-state index contributed by atoms with van der Waals surface area (Å²) >= 11 is 0. The third kappa shape index (κ3) is 5.43. The van der Waals surface area contributed by atoms with Gasteiger partial charge in [-0.05, 0) is 52.2 Å². The van der Waals surface area contributed by atoms with Crippen molar-refractivity contribution >= 4 is 28.9 Å². The Labute approximate surface area is 191 Å². The van der Waals surface area contributed by atoms with Gasteiger partial charge in [0, 0.05) is 0 Å². The van der Waals surface area contributed by atoms with Crippen molar-refractivity contribution in [3.63, 3.8) is 0 Å². The predicted molar refractivity (Wildman–Crippen MR) is 128 cm³/mol. The Morgan fingerprint density at radius 1 is 0.879 bits per heavy atom. The van der Waals surface area contributed by atoms with Gasteiger partial charge in [-0.25, -0.2) is 10.2 Å². The van der Waals surface area contributed by atoms with Crippen LogP contribution in [0.15, 0.2) is 96.1 Å². The number of benzene rings is 4. The summed E-state index contributed by atoms with van der Waals surface area (Å²) in [6.07, 6.45) is 1.72. The second-order valence-corrected chi connectivity index (χ2v) is 7.27. The molecule has 0 unspecified atom stereocenters. The lowest BCUT2D eigenvalue weighted by atomic mass is 10.0. The lowest BCUT2D eigenvalue weighted by Crippen LogP contribution is -2.19. The van der Waals surface area contributed by atoms with Gasteiger partial charge in [-0.2, -0.15) is 5.10 Å². The number of ether oxygens (including phenoxy) is 2. The number of fused-ring (bicyclic) bond motifs is 1. The number of nitrogens with one attached hydrogen (secondary N) is 1. The topological polar surface area (TPSA) is 77.0 Å². The summed E-state index contributed by atoms with van der Waals surface area (Å²) in [6, 6.07) is 27.6. The van der Waals surface area contributed by atoms with Crippen LogP contribution in [0.3, 0.4) is 0 Å². The number of hydrogen-bond acceptors (Lipinski definition) is 5. The zero-order valence-corrected chi connectivity index (χ0v) is 18.0. The van der Waals surface area contributed by atoms with Gasteiger partial charge in [-0.15, -0.1) is 0 Å². The van der Waals surface area contributed by atoms with E-state index in [2.05, 4.69) is 10.5 Å². The Balaban J connectivity index is 1.39. The summed E-state index contributed by atoms with van der Waals surface area (Å²) in [5.41, 5.74) is 4.61. The van der Waals surface area contributed by atoms with Crippen LogP contribution in [0.2, 0.25) is 0 Å². The molecule has 4 aromatic carbocycles. The molecular formula is C27H22N2O4. The van der Waals surface area contributed by atoms with Crippen molar-refractivity contribution in [3.05, 3.63) is 108 Å². The molecular weight excluding hydrogens is 416 g/mol. The lowest BCUT2D eigenvalue weighted by molar-refractivity contribution is -0.120. The Bertz CT molecular complexity index is 1310. The minimum Gasteiger partial charge on any atom is -0.493 e. The normalized spacial score (nSPS) is 10.8. The number of methoxy groups -OCH3 is 1. The summed E-state index contributed by atoms with van der Waals surface area (Å²) in [7, 11) is 1.49. The van der Waals surface area contributed by atoms with Crippen LogP contribution in [0.25, 0.3) is 10.8 Å². The molecule has 0 aromatic heterocycles. The number of rotatable bonds is 7. The number of carbonyl (C=O) groups is 2. The summed E-state index contributed by atoms with van der Waals surface area (Å²) in [6.45, 7) is 0. The molecule has 6 heteroatoms. The smallest absolute Gasteiger partial charge is 0.343 e. The van der Waals surface area contributed by atoms with E-state index in [1.54, 1.807) is 42.5 Å². The molecule has 0 heterocycles. The zero-order valence-electron chi connectivity index (χ0n) is 18.0. The largest absolute Gasteiger partial charge is 0.493 e. The molecule has 4 rings (SSSR count). The fourth-order valence-electron chi connectivity index (χ4n) is 3.42. The standard InChI is InChI=1S/C27H22N2O4/c1-32-25-16-19(14-15-24(25)33-27(31)21-9-3-2-4-10-21)18-28-29-26(30)17-22-12-7-11-20-8-5-6-13-23(20)22/h2-16,18H,17H2,1H3,(H,29,30)/b28-18-. The highest BCUT2D eigenvalue weighted by Gasteiger charge is 2.12. The SMILES string of the molecule is COc1cc(/C=N\NC(=O)Cc2cccc3ccccc23)ccc1OC(=O)c1ccccc1. The maximum Gasteiger partial charge on any atom is 0.343 e. The van der Waals surface area contributed by atoms with Crippen LogP contribution in [0.4, 0.5) is 0 Å². The lowest BCUT2D eigenvalue weighted by Gasteiger charge is -2.10. The van der Waals surface area contributed by atoms with E-state index in [0.717, 1.165) is 16.3 Å². The van der Waals surface area contributed by atoms with Gasteiger partial charge < -0.3 is 9.47 Å². The molecule has 0 aliphatic carbocycles. The third-order valence-electron chi connectivity index (χ3n) is 5.03. The number of amides is 1. The molecule has 1 amide bonds. The van der Waals surface area contributed by atoms with E-state index in [0.29, 0.717) is 22.6 Å². The van der Waals surface area contributed by atoms with E-state index >= 15 is 0 Å². The van der Waals surface area contributed by atoms with Gasteiger partial charge in [0.2, 0.25) is 5.91 Å². The maximum atomic E-state index is 12.4. The highest BCUT2D eigenvalue weighted by Crippen LogP contribution is 2.28. The van der Waals surface area contributed by atoms with Crippen LogP contribution < -0.4 is 14.9 Å². The second kappa shape index (κ2) is 10.2. The average molecular weight is 438 g/mol. The molecule has 6 nitrogen and oxygen atoms in total. The predicted octanol–water partition coefficient (Wildman–Crippen LogP) is 4.76. The monoisotopic (exact) mass is 438 g/mol. The van der Waals surface area contributed by atoms with Gasteiger partial charge in [0.05, 0.1) is 25.3 Å². The van der Waals surface area contributed by atoms with Crippen molar-refractivity contribution in [3.8, 4) is 11.5 Å². The second-order valence-electron chi connectivity index (χ2n) is 7.27. The first-order chi connectivity index (χ1) is 16.1. The summed E-state index contributed by atoms with van der Waals surface area (Å²) < 4.78 is 10.8. The highest BCUT2D eigenvalue weighted by molar-refractivity contribution is 5.92. The number of nitrogens with zero attached hydrogens (tertiary/aromatic N) is 1. The van der Waals surface area contributed by atoms with E-state index in [-0.39, 0.29) is 12.3 Å². The number of hydrazone groups is 1. The number of carbonyl (C=O) groups excluding carboxylic acids is 2. The van der Waals surface area contributed by atoms with Crippen molar-refractivity contribution in [2.24, 2.45) is 5.10 Å². The zero-order chi connectivity index (χ0) is 23.0. The van der Waals surface area contributed by atoms with Crippen LogP contribution in [0, 0.1) is 0 Å². The summed E-state index contributed by atoms with van der Waals surface area (Å²) in [4.78, 5) is 24.7. The molecule has 1 N–H and O–H groups in total. The van der Waals surface area contributed by atoms with Gasteiger partial charge in [0.15, 0.2) is 11.5 Å². The van der Waals surface area contributed by atoms with Gasteiger partial charge in [0.1, 0.15) is 0 Å². The molecule has 164 valence electrons. The van der Waals surface area contributed by atoms with Gasteiger partial charge in [0.25, 0.3) is 0 Å². The highest BCUT2D eigenvalue weighted by atomic mass is 16.6. The van der Waals surface area contributed by atoms with Gasteiger partial charge >= 0.3 is 5.97 Å². The van der Waals surface area contributed by atoms with Crippen molar-refractivity contribution in [1.82, 2.24) is 5.43 Å². The molecule has 0 atom stereocenters. The molecule has 0 aliphatic rings. The first-order valence-electron chi connectivity index (χ1n) is 10.4. The number of hydrogen-bond donors (Lipinski definition) is 1. The van der Waals surface area contributed by atoms with Crippen molar-refractivity contribution in [1.29, 1.82) is 0 Å². The van der Waals surface area contributed by atoms with Crippen LogP contribution in [-0.4, -0.2) is 25.2 Å². The van der Waals surface area contributed by atoms with Crippen molar-refractivity contribution in [2.45, 2.75) is 6.42 Å². The Hall–Kier alpha value is -4.45. The third-order valence-corrected chi connectivity index (χ3v) is 5.03. The molecule has 0 saturated heterocycles. The fraction of sp³-hybridized carbons (Fsp3) is 0.0741. The molecule has 0 saturated carbocycles. The van der Waals surface area contributed by atoms with E-state index < -0.39 is 5.97 Å². The first-order valence-corrected chi connectivity index (χ1v) is 10.4. The Morgan fingerprint density at radius 2 is 1.64 bits per heavy atom. The minimum absolute atomic E-state index is 0.219. The number of esters is 1. The molecule has 0 fully saturated rings. The molecule has 0 aliphatic heterocycles. The Kier molecular flexibility index (Phi) is 6.75. The van der Waals surface area contributed by atoms with Crippen LogP contribution in [0.1, 0.15) is 21.5 Å². The molecule has 0 bridgehead atoms. The van der Waals surface area contributed by atoms with Crippen molar-refractivity contribution in [2.75, 3.05) is 7.11 Å². The van der Waals surface area contributed by atoms with E-state index in [1.165, 1.54) is 13.3 Å². The average Bonchev–Trinajstić information content (AvgIpc) is 2.85. The first kappa shape index (κ1) is 21.8. The van der Waals surface area contributed by atoms with Crippen LogP contribution in [-0.2, 0) is 11.2 Å². The summed E-state index contributed by atoms with van der Waals surface area (Å²) in [5, 5.41) is 6.18. The van der Waals surface area contributed by atoms with Gasteiger partial charge in [-0.3, -0.25) is 4.79 Å². The maximum absolute atomic E-state index is 12.4. The quantitative estimate of drug-likeness (QED) is 0.195. The Morgan fingerprint density at radius 3 is 2.45 bits per heavy atom. The van der Waals surface area contributed by atoms with E-state index in [9.17, 15) is 9.59 Å². The van der Waals surface area contributed by atoms with Crippen LogP contribution >= 0.6 is 0 Å². The molecule has 0 radical (unpaired) electrons. The van der Waals surface area contributed by atoms with Crippen LogP contribution in [0.5, 0.6) is 11.5 Å². The van der Waals surface area contributed by atoms with E-state index in [1.807, 2.05) is 48.5 Å². The fourth-order valence-corrected chi connectivity index (χ4v) is 3.42. The molecule has 4 aromatic rings. The minimum atomic E-state index is -0.476. The van der Waals surface area contributed by atoms with Crippen molar-refractivity contribution < 1.29 is 19.1 Å². The van der Waals surface area contributed by atoms with Gasteiger partial charge in [-0.1, -0.05) is 60.7 Å². The van der Waals surface area contributed by atoms with E-state index in [4.69, 9.17) is 9.47 Å². The molecule has 33 heavy (non-hydrogen) atoms. The summed E-state index contributed by atoms with van der Waals surface area (Å²) in [5.74, 6) is -0.0206. The molecule has 0 spiro atoms.